The van der Waals surface area contributed by atoms with E-state index < -0.39 is 0 Å². The van der Waals surface area contributed by atoms with Gasteiger partial charge >= 0.3 is 0 Å². The van der Waals surface area contributed by atoms with E-state index in [1.807, 2.05) is 18.2 Å². The Balaban J connectivity index is 0.000000720. The summed E-state index contributed by atoms with van der Waals surface area (Å²) in [6.45, 7) is 0. The number of rotatable bonds is 0. The molecule has 57 valence electrons. The fraction of sp³-hybridized carbons (Fsp3) is 0. The third-order valence-corrected chi connectivity index (χ3v) is 1.61. The van der Waals surface area contributed by atoms with Gasteiger partial charge in [0.2, 0.25) is 0 Å². The van der Waals surface area contributed by atoms with Crippen molar-refractivity contribution in [1.82, 2.24) is 4.98 Å². The average Bonchev–Trinajstić information content (AvgIpc) is 2.06. The van der Waals surface area contributed by atoms with Gasteiger partial charge in [-0.2, -0.15) is 0 Å². The minimum Gasteiger partial charge on any atom is -0.506 e. The van der Waals surface area contributed by atoms with Gasteiger partial charge in [0.1, 0.15) is 11.3 Å². The van der Waals surface area contributed by atoms with Crippen LogP contribution in [0.25, 0.3) is 10.9 Å². The predicted molar refractivity (Wildman–Crippen MR) is 43.4 cm³/mol. The minimum absolute atomic E-state index is 0. The number of nitrogens with zero attached hydrogens (tertiary/aromatic N) is 1. The Hall–Kier alpha value is -0.375. The summed E-state index contributed by atoms with van der Waals surface area (Å²) in [5, 5.41) is 10.3. The van der Waals surface area contributed by atoms with E-state index in [9.17, 15) is 5.11 Å². The zero-order valence-corrected chi connectivity index (χ0v) is 10.1. The summed E-state index contributed by atoms with van der Waals surface area (Å²) in [7, 11) is 0. The van der Waals surface area contributed by atoms with E-state index in [0.717, 1.165) is 5.39 Å². The molecule has 0 unspecified atom stereocenters. The van der Waals surface area contributed by atoms with Crippen molar-refractivity contribution in [3.63, 3.8) is 0 Å². The van der Waals surface area contributed by atoms with Gasteiger partial charge in [-0.25, -0.2) is 0 Å². The van der Waals surface area contributed by atoms with Crippen molar-refractivity contribution in [2.24, 2.45) is 0 Å². The second-order valence-electron chi connectivity index (χ2n) is 2.35. The molecule has 2 nitrogen and oxygen atoms in total. The van der Waals surface area contributed by atoms with Gasteiger partial charge in [-0.3, -0.25) is 4.98 Å². The van der Waals surface area contributed by atoms with E-state index in [0.29, 0.717) is 5.52 Å². The van der Waals surface area contributed by atoms with Crippen LogP contribution in [0.1, 0.15) is 0 Å². The van der Waals surface area contributed by atoms with Crippen LogP contribution < -0.4 is 0 Å². The van der Waals surface area contributed by atoms with Crippen molar-refractivity contribution < 1.29 is 40.7 Å². The third kappa shape index (κ3) is 1.68. The van der Waals surface area contributed by atoms with Crippen LogP contribution in [0.3, 0.4) is 0 Å². The Labute approximate surface area is 98.2 Å². The summed E-state index contributed by atoms with van der Waals surface area (Å²) in [5.74, 6) is 0.239. The second-order valence-corrected chi connectivity index (χ2v) is 2.35. The molecule has 0 aliphatic carbocycles. The van der Waals surface area contributed by atoms with E-state index in [1.165, 1.54) is 0 Å². The molecule has 1 heterocycles. The Morgan fingerprint density at radius 3 is 2.58 bits per heavy atom. The number of phenols is 1. The molecule has 3 heteroatoms. The maximum absolute atomic E-state index is 9.31. The first-order valence-corrected chi connectivity index (χ1v) is 3.40. The van der Waals surface area contributed by atoms with Crippen molar-refractivity contribution in [3.8, 4) is 5.75 Å². The Bertz CT molecular complexity index is 384. The molecule has 1 aromatic carbocycles. The maximum atomic E-state index is 9.31. The molecular weight excluding hydrogens is 277 g/mol. The maximum Gasteiger partial charge on any atom is 0.141 e. The van der Waals surface area contributed by atoms with Gasteiger partial charge in [-0.1, -0.05) is 18.2 Å². The van der Waals surface area contributed by atoms with Gasteiger partial charge in [0.25, 0.3) is 0 Å². The summed E-state index contributed by atoms with van der Waals surface area (Å²) < 4.78 is 0. The number of phenolic OH excluding ortho intramolecular Hbond substituents is 1. The molecule has 12 heavy (non-hydrogen) atoms. The summed E-state index contributed by atoms with van der Waals surface area (Å²) in [4.78, 5) is 4.03. The number of fused-ring (bicyclic) bond motifs is 1. The molecule has 0 saturated carbocycles. The van der Waals surface area contributed by atoms with E-state index in [4.69, 9.17) is 0 Å². The zero-order valence-electron chi connectivity index (χ0n) is 6.44. The molecule has 0 fully saturated rings. The molecule has 0 atom stereocenters. The summed E-state index contributed by atoms with van der Waals surface area (Å²) in [5.41, 5.74) is 0.662. The van der Waals surface area contributed by atoms with Gasteiger partial charge in [-0.05, 0) is 12.1 Å². The number of pyridine rings is 1. The Morgan fingerprint density at radius 1 is 1.08 bits per heavy atom. The molecule has 2 aromatic rings. The quantitative estimate of drug-likeness (QED) is 0.802. The standard InChI is InChI=1S/C9H7NO.La/c11-8-5-1-3-7-4-2-6-10-9(7)8;/h1-6,11H;. The van der Waals surface area contributed by atoms with E-state index in [-0.39, 0.29) is 41.3 Å². The molecule has 0 saturated heterocycles. The SMILES string of the molecule is Oc1cccc2cccnc12.[La]. The van der Waals surface area contributed by atoms with Crippen molar-refractivity contribution in [3.05, 3.63) is 36.5 Å². The molecule has 0 spiro atoms. The second kappa shape index (κ2) is 4.03. The number of para-hydroxylation sites is 1. The van der Waals surface area contributed by atoms with Crippen LogP contribution in [0.4, 0.5) is 0 Å². The van der Waals surface area contributed by atoms with Crippen molar-refractivity contribution in [1.29, 1.82) is 0 Å². The van der Waals surface area contributed by atoms with Crippen LogP contribution in [0, 0.1) is 35.6 Å². The van der Waals surface area contributed by atoms with Crippen molar-refractivity contribution in [2.75, 3.05) is 0 Å². The normalized spacial score (nSPS) is 9.33. The smallest absolute Gasteiger partial charge is 0.141 e. The molecule has 1 aromatic heterocycles. The molecular formula is C9H7LaNO. The molecule has 0 aliphatic rings. The summed E-state index contributed by atoms with van der Waals surface area (Å²) in [6.07, 6.45) is 1.67. The monoisotopic (exact) mass is 284 g/mol. The Morgan fingerprint density at radius 2 is 1.83 bits per heavy atom. The fourth-order valence-corrected chi connectivity index (χ4v) is 1.09. The molecule has 0 aliphatic heterocycles. The van der Waals surface area contributed by atoms with E-state index in [1.54, 1.807) is 18.3 Å². The number of aromatic nitrogens is 1. The van der Waals surface area contributed by atoms with Crippen LogP contribution >= 0.6 is 0 Å². The van der Waals surface area contributed by atoms with Gasteiger partial charge < -0.3 is 5.11 Å². The number of hydrogen-bond donors (Lipinski definition) is 1. The average molecular weight is 284 g/mol. The van der Waals surface area contributed by atoms with Crippen molar-refractivity contribution in [2.45, 2.75) is 0 Å². The molecule has 1 radical (unpaired) electrons. The topological polar surface area (TPSA) is 33.1 Å². The fourth-order valence-electron chi connectivity index (χ4n) is 1.09. The summed E-state index contributed by atoms with van der Waals surface area (Å²) >= 11 is 0. The summed E-state index contributed by atoms with van der Waals surface area (Å²) in [6, 6.07) is 9.13. The number of aromatic hydroxyl groups is 1. The van der Waals surface area contributed by atoms with Crippen LogP contribution in [-0.2, 0) is 0 Å². The molecule has 1 N–H and O–H groups in total. The van der Waals surface area contributed by atoms with E-state index in [2.05, 4.69) is 4.98 Å². The minimum atomic E-state index is 0. The first-order valence-electron chi connectivity index (χ1n) is 3.40. The van der Waals surface area contributed by atoms with Crippen LogP contribution in [-0.4, -0.2) is 10.1 Å². The first-order chi connectivity index (χ1) is 5.38. The number of benzene rings is 1. The Kier molecular flexibility index (Phi) is 3.26. The zero-order chi connectivity index (χ0) is 7.68. The third-order valence-electron chi connectivity index (χ3n) is 1.61. The van der Waals surface area contributed by atoms with E-state index >= 15 is 0 Å². The van der Waals surface area contributed by atoms with Gasteiger partial charge in [0.05, 0.1) is 0 Å². The molecule has 0 bridgehead atoms. The molecule has 2 rings (SSSR count). The largest absolute Gasteiger partial charge is 0.506 e. The van der Waals surface area contributed by atoms with Gasteiger partial charge in [0.15, 0.2) is 0 Å². The van der Waals surface area contributed by atoms with Crippen LogP contribution in [0.5, 0.6) is 5.75 Å². The van der Waals surface area contributed by atoms with Crippen molar-refractivity contribution >= 4 is 10.9 Å². The number of hydrogen-bond acceptors (Lipinski definition) is 2. The van der Waals surface area contributed by atoms with Crippen LogP contribution in [0.15, 0.2) is 36.5 Å². The first kappa shape index (κ1) is 9.71. The van der Waals surface area contributed by atoms with Gasteiger partial charge in [0, 0.05) is 47.2 Å². The molecule has 0 amide bonds. The van der Waals surface area contributed by atoms with Gasteiger partial charge in [-0.15, -0.1) is 0 Å². The van der Waals surface area contributed by atoms with Crippen LogP contribution in [0.2, 0.25) is 0 Å². The predicted octanol–water partition coefficient (Wildman–Crippen LogP) is 1.94.